The number of hydrogen-bond acceptors (Lipinski definition) is 1. The molecule has 1 heterocycles. The standard InChI is InChI=1S/C14H22N2/c1-10-6-7-15-16(10)9-11-4-5-12-8-13(11)14(12,2)3/h6-7,11-13H,4-5,8-9H2,1-3H3/t11-,12+,13-/m0/s1. The van der Waals surface area contributed by atoms with Gasteiger partial charge in [0.05, 0.1) is 0 Å². The maximum atomic E-state index is 4.43. The minimum atomic E-state index is 0.601. The van der Waals surface area contributed by atoms with Gasteiger partial charge in [-0.25, -0.2) is 0 Å². The van der Waals surface area contributed by atoms with Crippen LogP contribution < -0.4 is 0 Å². The normalized spacial score (nSPS) is 35.8. The Bertz CT molecular complexity index is 389. The highest BCUT2D eigenvalue weighted by Gasteiger charge is 2.54. The van der Waals surface area contributed by atoms with Crippen LogP contribution in [0.2, 0.25) is 0 Å². The molecule has 0 unspecified atom stereocenters. The van der Waals surface area contributed by atoms with E-state index in [0.29, 0.717) is 5.41 Å². The topological polar surface area (TPSA) is 17.8 Å². The van der Waals surface area contributed by atoms with Crippen molar-refractivity contribution in [3.05, 3.63) is 18.0 Å². The first-order valence-corrected chi connectivity index (χ1v) is 6.57. The molecule has 0 saturated heterocycles. The molecule has 0 aromatic carbocycles. The van der Waals surface area contributed by atoms with E-state index in [-0.39, 0.29) is 0 Å². The average molecular weight is 218 g/mol. The summed E-state index contributed by atoms with van der Waals surface area (Å²) in [5, 5.41) is 4.43. The average Bonchev–Trinajstić information content (AvgIpc) is 2.64. The first kappa shape index (κ1) is 10.4. The van der Waals surface area contributed by atoms with Gasteiger partial charge in [0, 0.05) is 18.4 Å². The third-order valence-corrected chi connectivity index (χ3v) is 5.34. The molecule has 1 aromatic rings. The van der Waals surface area contributed by atoms with Crippen LogP contribution in [0.25, 0.3) is 0 Å². The molecular formula is C14H22N2. The van der Waals surface area contributed by atoms with Crippen LogP contribution in [0.4, 0.5) is 0 Å². The summed E-state index contributed by atoms with van der Waals surface area (Å²) in [7, 11) is 0. The molecule has 0 aliphatic heterocycles. The monoisotopic (exact) mass is 218 g/mol. The molecule has 3 fully saturated rings. The van der Waals surface area contributed by atoms with Crippen molar-refractivity contribution < 1.29 is 0 Å². The fraction of sp³-hybridized carbons (Fsp3) is 0.786. The predicted octanol–water partition coefficient (Wildman–Crippen LogP) is 3.26. The van der Waals surface area contributed by atoms with Crippen LogP contribution in [-0.4, -0.2) is 9.78 Å². The van der Waals surface area contributed by atoms with Gasteiger partial charge in [-0.05, 0) is 55.4 Å². The van der Waals surface area contributed by atoms with Gasteiger partial charge in [0.25, 0.3) is 0 Å². The molecule has 2 bridgehead atoms. The fourth-order valence-corrected chi connectivity index (χ4v) is 3.99. The summed E-state index contributed by atoms with van der Waals surface area (Å²) in [6, 6.07) is 2.11. The summed E-state index contributed by atoms with van der Waals surface area (Å²) in [4.78, 5) is 0. The molecule has 3 aliphatic carbocycles. The summed E-state index contributed by atoms with van der Waals surface area (Å²) in [5.41, 5.74) is 1.91. The molecule has 3 saturated carbocycles. The number of nitrogens with zero attached hydrogens (tertiary/aromatic N) is 2. The lowest BCUT2D eigenvalue weighted by atomic mass is 9.45. The van der Waals surface area contributed by atoms with Crippen molar-refractivity contribution in [3.8, 4) is 0 Å². The molecular weight excluding hydrogens is 196 g/mol. The quantitative estimate of drug-likeness (QED) is 0.745. The number of aromatic nitrogens is 2. The van der Waals surface area contributed by atoms with Gasteiger partial charge >= 0.3 is 0 Å². The van der Waals surface area contributed by atoms with Crippen LogP contribution >= 0.6 is 0 Å². The second-order valence-corrected chi connectivity index (χ2v) is 6.35. The molecule has 88 valence electrons. The van der Waals surface area contributed by atoms with Gasteiger partial charge in [0.15, 0.2) is 0 Å². The lowest BCUT2D eigenvalue weighted by molar-refractivity contribution is -0.109. The molecule has 2 heteroatoms. The first-order valence-electron chi connectivity index (χ1n) is 6.57. The van der Waals surface area contributed by atoms with Crippen molar-refractivity contribution in [1.82, 2.24) is 9.78 Å². The van der Waals surface area contributed by atoms with Crippen LogP contribution in [-0.2, 0) is 6.54 Å². The van der Waals surface area contributed by atoms with E-state index in [2.05, 4.69) is 36.6 Å². The van der Waals surface area contributed by atoms with Crippen LogP contribution in [0.5, 0.6) is 0 Å². The zero-order valence-corrected chi connectivity index (χ0v) is 10.6. The molecule has 3 aliphatic rings. The summed E-state index contributed by atoms with van der Waals surface area (Å²) < 4.78 is 2.19. The predicted molar refractivity (Wildman–Crippen MR) is 65.1 cm³/mol. The van der Waals surface area contributed by atoms with Crippen LogP contribution in [0, 0.1) is 30.1 Å². The Hall–Kier alpha value is -0.790. The van der Waals surface area contributed by atoms with E-state index in [4.69, 9.17) is 0 Å². The van der Waals surface area contributed by atoms with Gasteiger partial charge in [-0.1, -0.05) is 13.8 Å². The highest BCUT2D eigenvalue weighted by Crippen LogP contribution is 2.61. The van der Waals surface area contributed by atoms with Gasteiger partial charge in [-0.2, -0.15) is 5.10 Å². The zero-order valence-electron chi connectivity index (χ0n) is 10.6. The van der Waals surface area contributed by atoms with Crippen molar-refractivity contribution in [3.63, 3.8) is 0 Å². The van der Waals surface area contributed by atoms with Crippen molar-refractivity contribution in [2.45, 2.75) is 46.6 Å². The second-order valence-electron chi connectivity index (χ2n) is 6.35. The van der Waals surface area contributed by atoms with Gasteiger partial charge in [0.1, 0.15) is 0 Å². The molecule has 0 radical (unpaired) electrons. The maximum absolute atomic E-state index is 4.43. The molecule has 1 aromatic heterocycles. The Kier molecular flexibility index (Phi) is 2.17. The van der Waals surface area contributed by atoms with Crippen LogP contribution in [0.1, 0.15) is 38.8 Å². The highest BCUT2D eigenvalue weighted by molar-refractivity contribution is 5.04. The van der Waals surface area contributed by atoms with E-state index < -0.39 is 0 Å². The summed E-state index contributed by atoms with van der Waals surface area (Å²) in [6.07, 6.45) is 6.25. The largest absolute Gasteiger partial charge is 0.270 e. The van der Waals surface area contributed by atoms with Crippen LogP contribution in [0.3, 0.4) is 0 Å². The lowest BCUT2D eigenvalue weighted by Crippen LogP contribution is -2.53. The Morgan fingerprint density at radius 3 is 2.81 bits per heavy atom. The van der Waals surface area contributed by atoms with Crippen molar-refractivity contribution in [1.29, 1.82) is 0 Å². The minimum absolute atomic E-state index is 0.601. The SMILES string of the molecule is Cc1ccnn1C[C@@H]1CC[C@@H]2C[C@@H]1C2(C)C. The summed E-state index contributed by atoms with van der Waals surface area (Å²) in [5.74, 6) is 2.81. The van der Waals surface area contributed by atoms with Gasteiger partial charge in [-0.3, -0.25) is 4.68 Å². The fourth-order valence-electron chi connectivity index (χ4n) is 3.99. The van der Waals surface area contributed by atoms with Crippen molar-refractivity contribution in [2.24, 2.45) is 23.2 Å². The molecule has 4 rings (SSSR count). The van der Waals surface area contributed by atoms with Gasteiger partial charge in [-0.15, -0.1) is 0 Å². The zero-order chi connectivity index (χ0) is 11.3. The third-order valence-electron chi connectivity index (χ3n) is 5.34. The number of fused-ring (bicyclic) bond motifs is 2. The summed E-state index contributed by atoms with van der Waals surface area (Å²) in [6.45, 7) is 8.23. The molecule has 0 spiro atoms. The third kappa shape index (κ3) is 1.35. The molecule has 16 heavy (non-hydrogen) atoms. The van der Waals surface area contributed by atoms with E-state index in [1.54, 1.807) is 0 Å². The summed E-state index contributed by atoms with van der Waals surface area (Å²) >= 11 is 0. The van der Waals surface area contributed by atoms with E-state index in [1.807, 2.05) is 6.20 Å². The molecule has 0 N–H and O–H groups in total. The highest BCUT2D eigenvalue weighted by atomic mass is 15.3. The Morgan fingerprint density at radius 2 is 2.25 bits per heavy atom. The second kappa shape index (κ2) is 3.35. The Balaban J connectivity index is 1.75. The molecule has 0 amide bonds. The maximum Gasteiger partial charge on any atom is 0.0492 e. The molecule has 2 nitrogen and oxygen atoms in total. The van der Waals surface area contributed by atoms with E-state index in [9.17, 15) is 0 Å². The number of hydrogen-bond donors (Lipinski definition) is 0. The first-order chi connectivity index (χ1) is 7.59. The Labute approximate surface area is 98.0 Å². The van der Waals surface area contributed by atoms with E-state index >= 15 is 0 Å². The lowest BCUT2D eigenvalue weighted by Gasteiger charge is -2.60. The van der Waals surface area contributed by atoms with Crippen molar-refractivity contribution >= 4 is 0 Å². The van der Waals surface area contributed by atoms with Gasteiger partial charge in [0.2, 0.25) is 0 Å². The number of aryl methyl sites for hydroxylation is 1. The smallest absolute Gasteiger partial charge is 0.0492 e. The Morgan fingerprint density at radius 1 is 1.44 bits per heavy atom. The van der Waals surface area contributed by atoms with Crippen molar-refractivity contribution in [2.75, 3.05) is 0 Å². The number of rotatable bonds is 2. The minimum Gasteiger partial charge on any atom is -0.270 e. The van der Waals surface area contributed by atoms with E-state index in [1.165, 1.54) is 25.0 Å². The van der Waals surface area contributed by atoms with Gasteiger partial charge < -0.3 is 0 Å². The van der Waals surface area contributed by atoms with Crippen LogP contribution in [0.15, 0.2) is 12.3 Å². The van der Waals surface area contributed by atoms with E-state index in [0.717, 1.165) is 24.3 Å². The molecule has 3 atom stereocenters.